The molecule has 6 fully saturated rings. The number of carbonyl (C=O) groups is 1. The predicted molar refractivity (Wildman–Crippen MR) is 146 cm³/mol. The van der Waals surface area contributed by atoms with E-state index in [4.69, 9.17) is 23.7 Å². The molecule has 1 aromatic carbocycles. The van der Waals surface area contributed by atoms with E-state index in [9.17, 15) is 25.2 Å². The number of rotatable bonds is 7. The summed E-state index contributed by atoms with van der Waals surface area (Å²) in [6.45, 7) is 0.760. The van der Waals surface area contributed by atoms with Crippen molar-refractivity contribution >= 4 is 5.97 Å². The van der Waals surface area contributed by atoms with Crippen LogP contribution in [0, 0.1) is 34.5 Å². The minimum atomic E-state index is -1.86. The van der Waals surface area contributed by atoms with Crippen LogP contribution >= 0.6 is 0 Å². The maximum Gasteiger partial charge on any atom is 0.338 e. The first kappa shape index (κ1) is 29.1. The third kappa shape index (κ3) is 3.05. The number of hydrogen-bond donors (Lipinski definition) is 4. The zero-order valence-corrected chi connectivity index (χ0v) is 24.8. The molecule has 1 aliphatic heterocycles. The second-order valence-corrected chi connectivity index (χ2v) is 13.7. The van der Waals surface area contributed by atoms with Gasteiger partial charge in [0.2, 0.25) is 0 Å². The van der Waals surface area contributed by atoms with Gasteiger partial charge in [-0.15, -0.1) is 0 Å². The Bertz CT molecular complexity index is 1240. The molecular formula is C31H43NO10. The van der Waals surface area contributed by atoms with Crippen molar-refractivity contribution in [1.29, 1.82) is 0 Å². The summed E-state index contributed by atoms with van der Waals surface area (Å²) >= 11 is 0. The van der Waals surface area contributed by atoms with Crippen molar-refractivity contribution in [3.8, 4) is 0 Å². The highest BCUT2D eigenvalue weighted by Crippen LogP contribution is 2.80. The highest BCUT2D eigenvalue weighted by Gasteiger charge is 2.91. The topological polar surface area (TPSA) is 147 Å². The molecule has 5 saturated carbocycles. The molecule has 11 nitrogen and oxygen atoms in total. The molecule has 232 valence electrons. The highest BCUT2D eigenvalue weighted by atomic mass is 16.6. The van der Waals surface area contributed by atoms with Gasteiger partial charge in [-0.25, -0.2) is 4.79 Å². The number of ether oxygens (including phenoxy) is 5. The third-order valence-electron chi connectivity index (χ3n) is 12.6. The van der Waals surface area contributed by atoms with E-state index < -0.39 is 82.4 Å². The quantitative estimate of drug-likeness (QED) is 0.311. The summed E-state index contributed by atoms with van der Waals surface area (Å²) in [6.07, 6.45) is -5.28. The van der Waals surface area contributed by atoms with Crippen molar-refractivity contribution in [2.45, 2.75) is 66.7 Å². The molecule has 15 atom stereocenters. The van der Waals surface area contributed by atoms with Crippen LogP contribution in [0.4, 0.5) is 0 Å². The Morgan fingerprint density at radius 3 is 2.33 bits per heavy atom. The molecule has 0 aromatic heterocycles. The SMILES string of the molecule is COC[C@]12CN(C)C3C4[C@H](OC)[C@H]1C3([C@@H](OC)C[C@H]2O)[C@@H]1C[C@]2(O)C(OC(=O)c3ccccc3)[C@@H]1[C@]4(O)[C@@H](O)[C@@H]2OC. The number of carbonyl (C=O) groups excluding carboxylic acids is 1. The number of fused-ring (bicyclic) bond motifs is 2. The zero-order valence-electron chi connectivity index (χ0n) is 24.8. The lowest BCUT2D eigenvalue weighted by molar-refractivity contribution is -0.318. The summed E-state index contributed by atoms with van der Waals surface area (Å²) in [4.78, 5) is 15.7. The average Bonchev–Trinajstić information content (AvgIpc) is 3.37. The lowest BCUT2D eigenvalue weighted by atomic mass is 9.42. The lowest BCUT2D eigenvalue weighted by Crippen LogP contribution is -2.80. The maximum atomic E-state index is 13.5. The lowest BCUT2D eigenvalue weighted by Gasteiger charge is -2.69. The van der Waals surface area contributed by atoms with Gasteiger partial charge in [0, 0.05) is 76.0 Å². The van der Waals surface area contributed by atoms with E-state index in [2.05, 4.69) is 4.90 Å². The molecule has 1 spiro atoms. The van der Waals surface area contributed by atoms with Crippen molar-refractivity contribution < 1.29 is 48.9 Å². The molecule has 7 rings (SSSR count). The molecule has 1 aromatic rings. The maximum absolute atomic E-state index is 13.5. The van der Waals surface area contributed by atoms with Crippen LogP contribution in [0.2, 0.25) is 0 Å². The van der Waals surface area contributed by atoms with E-state index in [-0.39, 0.29) is 25.0 Å². The van der Waals surface area contributed by atoms with Crippen LogP contribution in [-0.4, -0.2) is 134 Å². The van der Waals surface area contributed by atoms with Gasteiger partial charge in [0.15, 0.2) is 0 Å². The van der Waals surface area contributed by atoms with Crippen LogP contribution in [0.25, 0.3) is 0 Å². The fourth-order valence-corrected chi connectivity index (χ4v) is 11.8. The van der Waals surface area contributed by atoms with Crippen molar-refractivity contribution in [1.82, 2.24) is 4.90 Å². The van der Waals surface area contributed by atoms with Gasteiger partial charge in [-0.2, -0.15) is 0 Å². The summed E-state index contributed by atoms with van der Waals surface area (Å²) in [6, 6.07) is 8.22. The van der Waals surface area contributed by atoms with Crippen LogP contribution < -0.4 is 0 Å². The number of nitrogens with zero attached hydrogens (tertiary/aromatic N) is 1. The molecule has 0 amide bonds. The number of hydrogen-bond acceptors (Lipinski definition) is 11. The van der Waals surface area contributed by atoms with E-state index in [1.807, 2.05) is 7.05 Å². The Labute approximate surface area is 245 Å². The van der Waals surface area contributed by atoms with Gasteiger partial charge >= 0.3 is 5.97 Å². The molecule has 0 radical (unpaired) electrons. The van der Waals surface area contributed by atoms with E-state index in [0.29, 0.717) is 18.5 Å². The normalized spacial score (nSPS) is 53.7. The fourth-order valence-electron chi connectivity index (χ4n) is 11.8. The number of benzene rings is 1. The molecular weight excluding hydrogens is 546 g/mol. The molecule has 7 bridgehead atoms. The van der Waals surface area contributed by atoms with Gasteiger partial charge in [0.25, 0.3) is 0 Å². The van der Waals surface area contributed by atoms with Gasteiger partial charge in [-0.05, 0) is 31.5 Å². The molecule has 4 unspecified atom stereocenters. The average molecular weight is 590 g/mol. The zero-order chi connectivity index (χ0) is 30.0. The molecule has 42 heavy (non-hydrogen) atoms. The second-order valence-electron chi connectivity index (χ2n) is 13.7. The largest absolute Gasteiger partial charge is 0.455 e. The Kier molecular flexibility index (Phi) is 6.52. The number of esters is 1. The van der Waals surface area contributed by atoms with Gasteiger partial charge in [0.1, 0.15) is 29.5 Å². The summed E-state index contributed by atoms with van der Waals surface area (Å²) in [7, 11) is 8.22. The summed E-state index contributed by atoms with van der Waals surface area (Å²) in [5.41, 5.74) is -4.81. The molecule has 4 N–H and O–H groups in total. The van der Waals surface area contributed by atoms with Crippen LogP contribution in [0.5, 0.6) is 0 Å². The molecule has 1 heterocycles. The van der Waals surface area contributed by atoms with Gasteiger partial charge < -0.3 is 49.0 Å². The van der Waals surface area contributed by atoms with Gasteiger partial charge in [0.05, 0.1) is 30.5 Å². The number of aliphatic hydroxyl groups excluding tert-OH is 2. The summed E-state index contributed by atoms with van der Waals surface area (Å²) in [5, 5.41) is 49.4. The first-order valence-corrected chi connectivity index (χ1v) is 14.9. The van der Waals surface area contributed by atoms with E-state index in [0.717, 1.165) is 0 Å². The number of likely N-dealkylation sites (tertiary alicyclic amines) is 1. The van der Waals surface area contributed by atoms with E-state index in [1.54, 1.807) is 51.7 Å². The number of aliphatic hydroxyl groups is 4. The minimum absolute atomic E-state index is 0.102. The van der Waals surface area contributed by atoms with E-state index >= 15 is 0 Å². The highest BCUT2D eigenvalue weighted by molar-refractivity contribution is 5.89. The first-order chi connectivity index (χ1) is 20.0. The van der Waals surface area contributed by atoms with Crippen LogP contribution in [-0.2, 0) is 23.7 Å². The molecule has 5 aliphatic carbocycles. The van der Waals surface area contributed by atoms with E-state index in [1.165, 1.54) is 7.11 Å². The van der Waals surface area contributed by atoms with Crippen LogP contribution in [0.1, 0.15) is 23.2 Å². The summed E-state index contributed by atoms with van der Waals surface area (Å²) < 4.78 is 30.3. The molecule has 1 saturated heterocycles. The Morgan fingerprint density at radius 2 is 1.71 bits per heavy atom. The number of piperidine rings is 1. The fraction of sp³-hybridized carbons (Fsp3) is 0.774. The van der Waals surface area contributed by atoms with Crippen LogP contribution in [0.15, 0.2) is 30.3 Å². The van der Waals surface area contributed by atoms with Gasteiger partial charge in [-0.1, -0.05) is 18.2 Å². The Hall–Kier alpha value is -1.67. The molecule has 11 heteroatoms. The van der Waals surface area contributed by atoms with Crippen molar-refractivity contribution in [3.63, 3.8) is 0 Å². The predicted octanol–water partition coefficient (Wildman–Crippen LogP) is -0.313. The minimum Gasteiger partial charge on any atom is -0.455 e. The Morgan fingerprint density at radius 1 is 1.00 bits per heavy atom. The first-order valence-electron chi connectivity index (χ1n) is 14.9. The Balaban J connectivity index is 1.47. The molecule has 6 aliphatic rings. The van der Waals surface area contributed by atoms with Crippen molar-refractivity contribution in [3.05, 3.63) is 35.9 Å². The van der Waals surface area contributed by atoms with Gasteiger partial charge in [-0.3, -0.25) is 0 Å². The smallest absolute Gasteiger partial charge is 0.338 e. The second kappa shape index (κ2) is 9.42. The monoisotopic (exact) mass is 589 g/mol. The third-order valence-corrected chi connectivity index (χ3v) is 12.6. The van der Waals surface area contributed by atoms with Crippen LogP contribution in [0.3, 0.4) is 0 Å². The van der Waals surface area contributed by atoms with Crippen molar-refractivity contribution in [2.24, 2.45) is 34.5 Å². The number of methoxy groups -OCH3 is 4. The standard InChI is InChI=1S/C31H43NO10/c1-32-13-28(14-38-2)17(33)11-18(39-3)30-16-12-29(36)25(42-27(35)15-9-7-6-8-10-15)19(16)31(37,24(34)26(29)41-5)20(23(30)32)21(40-4)22(28)30/h6-10,16-26,33-34,36-37H,11-14H2,1-5H3/t16-,17-,18+,19-,20?,21+,22-,23?,24+,25?,26+,28+,29+,30?,31-/m1/s1. The summed E-state index contributed by atoms with van der Waals surface area (Å²) in [5.74, 6) is -2.96. The van der Waals surface area contributed by atoms with Crippen molar-refractivity contribution in [2.75, 3.05) is 48.6 Å².